The smallest absolute Gasteiger partial charge is 0.242 e. The van der Waals surface area contributed by atoms with E-state index in [1.54, 1.807) is 0 Å². The van der Waals surface area contributed by atoms with Gasteiger partial charge in [0.2, 0.25) is 10.0 Å². The minimum atomic E-state index is -3.69. The number of nitrogens with two attached hydrogens (primary N) is 1. The molecule has 126 valence electrons. The lowest BCUT2D eigenvalue weighted by Gasteiger charge is -2.26. The number of nitrogens with one attached hydrogen (secondary N) is 1. The number of hydrogen-bond acceptors (Lipinski definition) is 6. The van der Waals surface area contributed by atoms with Gasteiger partial charge in [-0.3, -0.25) is 0 Å². The third-order valence-electron chi connectivity index (χ3n) is 3.49. The van der Waals surface area contributed by atoms with E-state index in [0.717, 1.165) is 25.3 Å². The van der Waals surface area contributed by atoms with Gasteiger partial charge in [-0.25, -0.2) is 26.5 Å². The molecule has 1 heterocycles. The van der Waals surface area contributed by atoms with Gasteiger partial charge in [-0.1, -0.05) is 0 Å². The molecule has 22 heavy (non-hydrogen) atoms. The third kappa shape index (κ3) is 4.88. The molecule has 0 atom stereocenters. The van der Waals surface area contributed by atoms with Crippen molar-refractivity contribution in [3.8, 4) is 0 Å². The molecular weight excluding hydrogens is 350 g/mol. The summed E-state index contributed by atoms with van der Waals surface area (Å²) in [5.41, 5.74) is 5.79. The summed E-state index contributed by atoms with van der Waals surface area (Å²) in [4.78, 5) is 3.66. The predicted molar refractivity (Wildman–Crippen MR) is 85.1 cm³/mol. The van der Waals surface area contributed by atoms with Crippen LogP contribution in [0.15, 0.2) is 28.3 Å². The molecule has 1 aromatic heterocycles. The molecule has 0 spiro atoms. The molecule has 0 unspecified atom stereocenters. The molecule has 0 bridgehead atoms. The van der Waals surface area contributed by atoms with Crippen LogP contribution < -0.4 is 10.5 Å². The number of pyridine rings is 1. The predicted octanol–water partition coefficient (Wildman–Crippen LogP) is 0.455. The lowest BCUT2D eigenvalue weighted by molar-refractivity contribution is 0.373. The second-order valence-electron chi connectivity index (χ2n) is 5.34. The molecule has 0 amide bonds. The molecule has 1 aromatic rings. The summed E-state index contributed by atoms with van der Waals surface area (Å²) >= 11 is 0. The first-order chi connectivity index (χ1) is 9.68. The molecule has 2 rings (SSSR count). The number of nitrogens with zero attached hydrogens (tertiary/aromatic N) is 1. The zero-order valence-corrected chi connectivity index (χ0v) is 14.5. The number of sulfone groups is 1. The van der Waals surface area contributed by atoms with E-state index in [1.165, 1.54) is 12.1 Å². The van der Waals surface area contributed by atoms with Crippen LogP contribution in [0.4, 0.5) is 0 Å². The van der Waals surface area contributed by atoms with Crippen molar-refractivity contribution in [2.24, 2.45) is 5.73 Å². The van der Waals surface area contributed by atoms with Crippen molar-refractivity contribution >= 4 is 32.3 Å². The molecule has 1 aliphatic rings. The highest BCUT2D eigenvalue weighted by Gasteiger charge is 2.24. The Hall–Kier alpha value is -0.740. The SMILES string of the molecule is CS(=O)(=O)c1ccc(S(=O)(=O)NC2CCC(N)CC2)cn1.Cl. The molecule has 0 aliphatic heterocycles. The summed E-state index contributed by atoms with van der Waals surface area (Å²) in [6.45, 7) is 0. The first-order valence-corrected chi connectivity index (χ1v) is 10.00. The largest absolute Gasteiger partial charge is 0.328 e. The number of sulfonamides is 1. The number of rotatable bonds is 4. The molecule has 1 fully saturated rings. The normalized spacial score (nSPS) is 22.8. The lowest BCUT2D eigenvalue weighted by atomic mass is 9.93. The average molecular weight is 370 g/mol. The highest BCUT2D eigenvalue weighted by atomic mass is 35.5. The van der Waals surface area contributed by atoms with Crippen molar-refractivity contribution in [3.63, 3.8) is 0 Å². The topological polar surface area (TPSA) is 119 Å². The van der Waals surface area contributed by atoms with Gasteiger partial charge in [0.1, 0.15) is 4.90 Å². The zero-order valence-electron chi connectivity index (χ0n) is 12.1. The summed E-state index contributed by atoms with van der Waals surface area (Å²) < 4.78 is 49.6. The lowest BCUT2D eigenvalue weighted by Crippen LogP contribution is -2.40. The summed E-state index contributed by atoms with van der Waals surface area (Å²) in [6.07, 6.45) is 5.07. The van der Waals surface area contributed by atoms with Crippen LogP contribution in [-0.4, -0.2) is 40.2 Å². The summed E-state index contributed by atoms with van der Waals surface area (Å²) in [7, 11) is -7.13. The quantitative estimate of drug-likeness (QED) is 0.795. The highest BCUT2D eigenvalue weighted by molar-refractivity contribution is 7.90. The van der Waals surface area contributed by atoms with Gasteiger partial charge < -0.3 is 5.73 Å². The Bertz CT molecular complexity index is 696. The van der Waals surface area contributed by atoms with Gasteiger partial charge in [-0.2, -0.15) is 0 Å². The van der Waals surface area contributed by atoms with Crippen LogP contribution in [0, 0.1) is 0 Å². The Kier molecular flexibility index (Phi) is 6.34. The fourth-order valence-corrected chi connectivity index (χ4v) is 4.08. The molecule has 0 aromatic carbocycles. The van der Waals surface area contributed by atoms with Gasteiger partial charge in [0, 0.05) is 24.5 Å². The second kappa shape index (κ2) is 7.22. The maximum atomic E-state index is 12.2. The molecular formula is C12H20ClN3O4S2. The minimum Gasteiger partial charge on any atom is -0.328 e. The Balaban J connectivity index is 0.00000242. The Morgan fingerprint density at radius 2 is 1.73 bits per heavy atom. The fraction of sp³-hybridized carbons (Fsp3) is 0.583. The van der Waals surface area contributed by atoms with Gasteiger partial charge in [0.15, 0.2) is 14.9 Å². The van der Waals surface area contributed by atoms with E-state index in [1.807, 2.05) is 0 Å². The van der Waals surface area contributed by atoms with E-state index in [0.29, 0.717) is 12.8 Å². The summed E-state index contributed by atoms with van der Waals surface area (Å²) in [5.74, 6) is 0. The molecule has 1 aliphatic carbocycles. The van der Waals surface area contributed by atoms with Gasteiger partial charge >= 0.3 is 0 Å². The van der Waals surface area contributed by atoms with Gasteiger partial charge in [0.25, 0.3) is 0 Å². The number of aromatic nitrogens is 1. The van der Waals surface area contributed by atoms with Crippen LogP contribution in [0.25, 0.3) is 0 Å². The highest BCUT2D eigenvalue weighted by Crippen LogP contribution is 2.19. The van der Waals surface area contributed by atoms with Crippen LogP contribution in [-0.2, 0) is 19.9 Å². The van der Waals surface area contributed by atoms with Crippen LogP contribution in [0.1, 0.15) is 25.7 Å². The van der Waals surface area contributed by atoms with Crippen molar-refractivity contribution < 1.29 is 16.8 Å². The van der Waals surface area contributed by atoms with Crippen LogP contribution >= 0.6 is 12.4 Å². The monoisotopic (exact) mass is 369 g/mol. The fourth-order valence-electron chi connectivity index (χ4n) is 2.27. The van der Waals surface area contributed by atoms with E-state index >= 15 is 0 Å². The summed E-state index contributed by atoms with van der Waals surface area (Å²) in [5, 5.41) is -0.148. The zero-order chi connectivity index (χ0) is 15.7. The number of hydrogen-bond donors (Lipinski definition) is 2. The maximum absolute atomic E-state index is 12.2. The van der Waals surface area contributed by atoms with E-state index in [2.05, 4.69) is 9.71 Å². The van der Waals surface area contributed by atoms with Crippen LogP contribution in [0.5, 0.6) is 0 Å². The second-order valence-corrected chi connectivity index (χ2v) is 9.01. The van der Waals surface area contributed by atoms with E-state index in [4.69, 9.17) is 5.73 Å². The van der Waals surface area contributed by atoms with E-state index in [-0.39, 0.29) is 34.4 Å². The van der Waals surface area contributed by atoms with Crippen LogP contribution in [0.3, 0.4) is 0 Å². The average Bonchev–Trinajstić information content (AvgIpc) is 2.40. The third-order valence-corrected chi connectivity index (χ3v) is 6.00. The van der Waals surface area contributed by atoms with Crippen LogP contribution in [0.2, 0.25) is 0 Å². The van der Waals surface area contributed by atoms with Crippen molar-refractivity contribution in [2.75, 3.05) is 6.26 Å². The summed E-state index contributed by atoms with van der Waals surface area (Å²) in [6, 6.07) is 2.45. The van der Waals surface area contributed by atoms with Gasteiger partial charge in [-0.15, -0.1) is 12.4 Å². The Morgan fingerprint density at radius 3 is 2.18 bits per heavy atom. The molecule has 1 saturated carbocycles. The standard InChI is InChI=1S/C12H19N3O4S2.ClH/c1-20(16,17)12-7-6-11(8-14-12)21(18,19)15-10-4-2-9(13)3-5-10;/h6-10,15H,2-5,13H2,1H3;1H. The molecule has 0 radical (unpaired) electrons. The first-order valence-electron chi connectivity index (χ1n) is 6.62. The van der Waals surface area contributed by atoms with E-state index < -0.39 is 19.9 Å². The molecule has 3 N–H and O–H groups in total. The minimum absolute atomic E-state index is 0. The number of halogens is 1. The van der Waals surface area contributed by atoms with Gasteiger partial charge in [-0.05, 0) is 37.8 Å². The molecule has 0 saturated heterocycles. The Labute approximate surface area is 137 Å². The van der Waals surface area contributed by atoms with Crippen molar-refractivity contribution in [1.29, 1.82) is 0 Å². The molecule has 7 nitrogen and oxygen atoms in total. The van der Waals surface area contributed by atoms with E-state index in [9.17, 15) is 16.8 Å². The first kappa shape index (κ1) is 19.3. The van der Waals surface area contributed by atoms with Crippen molar-refractivity contribution in [1.82, 2.24) is 9.71 Å². The maximum Gasteiger partial charge on any atom is 0.242 e. The molecule has 10 heteroatoms. The van der Waals surface area contributed by atoms with Gasteiger partial charge in [0.05, 0.1) is 0 Å². The van der Waals surface area contributed by atoms with Crippen molar-refractivity contribution in [2.45, 2.75) is 47.7 Å². The Morgan fingerprint density at radius 1 is 1.14 bits per heavy atom. The van der Waals surface area contributed by atoms with Crippen molar-refractivity contribution in [3.05, 3.63) is 18.3 Å².